The molecule has 0 atom stereocenters. The second-order valence-electron chi connectivity index (χ2n) is 5.81. The van der Waals surface area contributed by atoms with E-state index in [0.717, 1.165) is 11.1 Å². The van der Waals surface area contributed by atoms with Crippen molar-refractivity contribution in [2.24, 2.45) is 0 Å². The van der Waals surface area contributed by atoms with Crippen LogP contribution in [0, 0.1) is 0 Å². The fourth-order valence-corrected chi connectivity index (χ4v) is 2.67. The third-order valence-electron chi connectivity index (χ3n) is 3.86. The molecule has 0 bridgehead atoms. The van der Waals surface area contributed by atoms with Crippen LogP contribution in [-0.2, 0) is 6.42 Å². The van der Waals surface area contributed by atoms with Crippen LogP contribution in [0.5, 0.6) is 17.5 Å². The second kappa shape index (κ2) is 6.67. The average molecular weight is 372 g/mol. The van der Waals surface area contributed by atoms with E-state index in [0.29, 0.717) is 24.5 Å². The first-order valence-corrected chi connectivity index (χ1v) is 8.10. The molecule has 1 aliphatic heterocycles. The van der Waals surface area contributed by atoms with Gasteiger partial charge in [-0.05, 0) is 36.2 Å². The van der Waals surface area contributed by atoms with Gasteiger partial charge in [0.2, 0.25) is 0 Å². The van der Waals surface area contributed by atoms with Crippen molar-refractivity contribution in [3.05, 3.63) is 54.4 Å². The highest BCUT2D eigenvalue weighted by atomic mass is 19.3. The number of ether oxygens (including phenoxy) is 2. The van der Waals surface area contributed by atoms with Gasteiger partial charge in [-0.25, -0.2) is 0 Å². The van der Waals surface area contributed by atoms with E-state index >= 15 is 0 Å². The highest BCUT2D eigenvalue weighted by Crippen LogP contribution is 2.41. The number of nitrogens with zero attached hydrogens (tertiary/aromatic N) is 3. The number of fused-ring (bicyclic) bond motifs is 1. The molecule has 27 heavy (non-hydrogen) atoms. The number of rotatable bonds is 5. The number of aromatic hydroxyl groups is 1. The van der Waals surface area contributed by atoms with Crippen molar-refractivity contribution in [1.82, 2.24) is 15.0 Å². The molecule has 1 aromatic carbocycles. The predicted octanol–water partition coefficient (Wildman–Crippen LogP) is 3.22. The summed E-state index contributed by atoms with van der Waals surface area (Å²) in [7, 11) is 0. The Labute approximate surface area is 152 Å². The van der Waals surface area contributed by atoms with E-state index in [2.05, 4.69) is 29.7 Å². The molecule has 0 amide bonds. The van der Waals surface area contributed by atoms with Crippen LogP contribution in [0.3, 0.4) is 0 Å². The van der Waals surface area contributed by atoms with E-state index in [1.54, 1.807) is 30.6 Å². The van der Waals surface area contributed by atoms with Gasteiger partial charge in [0.15, 0.2) is 11.5 Å². The minimum atomic E-state index is -3.62. The first-order valence-electron chi connectivity index (χ1n) is 8.10. The first kappa shape index (κ1) is 17.0. The maximum Gasteiger partial charge on any atom is 0.586 e. The maximum atomic E-state index is 13.1. The lowest BCUT2D eigenvalue weighted by Gasteiger charge is -2.08. The Morgan fingerprint density at radius 3 is 2.74 bits per heavy atom. The Balaban J connectivity index is 1.42. The summed E-state index contributed by atoms with van der Waals surface area (Å²) in [4.78, 5) is 11.9. The van der Waals surface area contributed by atoms with Crippen LogP contribution in [0.4, 0.5) is 14.6 Å². The van der Waals surface area contributed by atoms with Crippen molar-refractivity contribution < 1.29 is 23.4 Å². The van der Waals surface area contributed by atoms with E-state index in [4.69, 9.17) is 0 Å². The molecule has 4 rings (SSSR count). The molecule has 9 heteroatoms. The van der Waals surface area contributed by atoms with E-state index in [1.165, 1.54) is 12.1 Å². The number of benzene rings is 1. The molecule has 0 radical (unpaired) electrons. The highest BCUT2D eigenvalue weighted by Gasteiger charge is 2.43. The minimum Gasteiger partial charge on any atom is -0.479 e. The monoisotopic (exact) mass is 372 g/mol. The number of nitrogens with one attached hydrogen (secondary N) is 1. The standard InChI is InChI=1S/C18H14F2N4O3/c19-18(20)26-14-4-3-11(8-15(14)27-18)5-7-22-16-9-13(23-17(25)24-16)12-2-1-6-21-10-12/h1-4,6,8-10H,5,7H2,(H2,22,23,24,25). The molecule has 0 spiro atoms. The molecule has 0 fully saturated rings. The Morgan fingerprint density at radius 1 is 1.07 bits per heavy atom. The summed E-state index contributed by atoms with van der Waals surface area (Å²) in [6, 6.07) is 9.56. The fourth-order valence-electron chi connectivity index (χ4n) is 2.67. The maximum absolute atomic E-state index is 13.1. The summed E-state index contributed by atoms with van der Waals surface area (Å²) in [6.45, 7) is 0.457. The molecule has 0 unspecified atom stereocenters. The van der Waals surface area contributed by atoms with Crippen molar-refractivity contribution in [2.45, 2.75) is 12.7 Å². The average Bonchev–Trinajstić information content (AvgIpc) is 2.95. The van der Waals surface area contributed by atoms with Gasteiger partial charge in [0.1, 0.15) is 5.82 Å². The lowest BCUT2D eigenvalue weighted by Crippen LogP contribution is -2.25. The van der Waals surface area contributed by atoms with Crippen LogP contribution in [0.15, 0.2) is 48.8 Å². The molecule has 7 nitrogen and oxygen atoms in total. The molecular weight excluding hydrogens is 358 g/mol. The summed E-state index contributed by atoms with van der Waals surface area (Å²) < 4.78 is 34.9. The van der Waals surface area contributed by atoms with Crippen LogP contribution < -0.4 is 14.8 Å². The Kier molecular flexibility index (Phi) is 4.19. The van der Waals surface area contributed by atoms with Gasteiger partial charge in [0.05, 0.1) is 5.69 Å². The molecule has 2 aromatic heterocycles. The molecule has 0 aliphatic carbocycles. The summed E-state index contributed by atoms with van der Waals surface area (Å²) in [6.07, 6.45) is 0.175. The van der Waals surface area contributed by atoms with E-state index in [-0.39, 0.29) is 17.5 Å². The molecular formula is C18H14F2N4O3. The normalized spacial score (nSPS) is 14.1. The SMILES string of the molecule is Oc1nc(NCCc2ccc3c(c2)OC(F)(F)O3)cc(-c2cccnc2)n1. The topological polar surface area (TPSA) is 89.4 Å². The zero-order valence-electron chi connectivity index (χ0n) is 13.9. The summed E-state index contributed by atoms with van der Waals surface area (Å²) >= 11 is 0. The van der Waals surface area contributed by atoms with Gasteiger partial charge in [-0.1, -0.05) is 6.07 Å². The Bertz CT molecular complexity index is 970. The van der Waals surface area contributed by atoms with Crippen molar-refractivity contribution in [3.63, 3.8) is 0 Å². The number of aromatic nitrogens is 3. The van der Waals surface area contributed by atoms with Gasteiger partial charge in [-0.15, -0.1) is 8.78 Å². The van der Waals surface area contributed by atoms with Gasteiger partial charge < -0.3 is 19.9 Å². The van der Waals surface area contributed by atoms with Crippen molar-refractivity contribution >= 4 is 5.82 Å². The van der Waals surface area contributed by atoms with Gasteiger partial charge >= 0.3 is 12.3 Å². The van der Waals surface area contributed by atoms with Crippen LogP contribution in [0.1, 0.15) is 5.56 Å². The molecule has 0 saturated heterocycles. The van der Waals surface area contributed by atoms with Crippen LogP contribution >= 0.6 is 0 Å². The lowest BCUT2D eigenvalue weighted by molar-refractivity contribution is -0.286. The first-order chi connectivity index (χ1) is 13.0. The largest absolute Gasteiger partial charge is 0.586 e. The summed E-state index contributed by atoms with van der Waals surface area (Å²) in [5.74, 6) is 0.461. The zero-order valence-corrected chi connectivity index (χ0v) is 13.9. The molecule has 0 saturated carbocycles. The summed E-state index contributed by atoms with van der Waals surface area (Å²) in [5, 5.41) is 12.8. The van der Waals surface area contributed by atoms with Crippen molar-refractivity contribution in [1.29, 1.82) is 0 Å². The van der Waals surface area contributed by atoms with Crippen LogP contribution in [-0.4, -0.2) is 32.9 Å². The highest BCUT2D eigenvalue weighted by molar-refractivity contribution is 5.61. The van der Waals surface area contributed by atoms with Gasteiger partial charge in [0.25, 0.3) is 0 Å². The molecule has 3 aromatic rings. The number of alkyl halides is 2. The third-order valence-corrected chi connectivity index (χ3v) is 3.86. The number of anilines is 1. The van der Waals surface area contributed by atoms with E-state index in [9.17, 15) is 13.9 Å². The number of pyridine rings is 1. The molecule has 138 valence electrons. The lowest BCUT2D eigenvalue weighted by atomic mass is 10.1. The van der Waals surface area contributed by atoms with Gasteiger partial charge in [0, 0.05) is 30.6 Å². The smallest absolute Gasteiger partial charge is 0.479 e. The molecule has 2 N–H and O–H groups in total. The van der Waals surface area contributed by atoms with Crippen LogP contribution in [0.2, 0.25) is 0 Å². The van der Waals surface area contributed by atoms with E-state index in [1.807, 2.05) is 6.07 Å². The quantitative estimate of drug-likeness (QED) is 0.711. The Morgan fingerprint density at radius 2 is 1.93 bits per heavy atom. The number of hydrogen-bond acceptors (Lipinski definition) is 7. The van der Waals surface area contributed by atoms with Gasteiger partial charge in [-0.2, -0.15) is 9.97 Å². The Hall–Kier alpha value is -3.49. The minimum absolute atomic E-state index is 0.0102. The molecule has 3 heterocycles. The molecule has 1 aliphatic rings. The second-order valence-corrected chi connectivity index (χ2v) is 5.81. The third kappa shape index (κ3) is 3.86. The predicted molar refractivity (Wildman–Crippen MR) is 91.8 cm³/mol. The zero-order chi connectivity index (χ0) is 18.9. The van der Waals surface area contributed by atoms with Crippen molar-refractivity contribution in [2.75, 3.05) is 11.9 Å². The fraction of sp³-hybridized carbons (Fsp3) is 0.167. The summed E-state index contributed by atoms with van der Waals surface area (Å²) in [5.41, 5.74) is 2.06. The number of halogens is 2. The number of hydrogen-bond donors (Lipinski definition) is 2. The van der Waals surface area contributed by atoms with Crippen LogP contribution in [0.25, 0.3) is 11.3 Å². The van der Waals surface area contributed by atoms with Gasteiger partial charge in [-0.3, -0.25) is 4.98 Å². The van der Waals surface area contributed by atoms with E-state index < -0.39 is 6.29 Å². The van der Waals surface area contributed by atoms with Crippen molar-refractivity contribution in [3.8, 4) is 28.8 Å².